The summed E-state index contributed by atoms with van der Waals surface area (Å²) < 4.78 is 1.63. The summed E-state index contributed by atoms with van der Waals surface area (Å²) in [5.41, 5.74) is 2.97. The summed E-state index contributed by atoms with van der Waals surface area (Å²) in [6, 6.07) is 8.90. The first-order chi connectivity index (χ1) is 14.3. The van der Waals surface area contributed by atoms with Crippen LogP contribution in [0.25, 0.3) is 22.7 Å². The lowest BCUT2D eigenvalue weighted by Crippen LogP contribution is -2.26. The first-order valence-electron chi connectivity index (χ1n) is 9.67. The van der Waals surface area contributed by atoms with Crippen LogP contribution in [0.1, 0.15) is 43.6 Å². The summed E-state index contributed by atoms with van der Waals surface area (Å²) in [6.45, 7) is 13.1. The normalized spacial score (nSPS) is 11.0. The summed E-state index contributed by atoms with van der Waals surface area (Å²) in [5.74, 6) is 0.380. The Balaban J connectivity index is 2.51. The van der Waals surface area contributed by atoms with Crippen LogP contribution in [-0.4, -0.2) is 15.5 Å². The average Bonchev–Trinajstić information content (AvgIpc) is 2.68. The molecule has 3 rings (SSSR count). The van der Waals surface area contributed by atoms with Gasteiger partial charge in [0.2, 0.25) is 5.91 Å². The van der Waals surface area contributed by atoms with Gasteiger partial charge in [0, 0.05) is 23.4 Å². The lowest BCUT2D eigenvalue weighted by atomic mass is 9.99. The minimum Gasteiger partial charge on any atom is -0.326 e. The number of carbonyl (C=O) groups is 1. The van der Waals surface area contributed by atoms with Crippen molar-refractivity contribution in [2.45, 2.75) is 33.1 Å². The van der Waals surface area contributed by atoms with E-state index in [-0.39, 0.29) is 17.4 Å². The molecule has 154 valence electrons. The predicted octanol–water partition coefficient (Wildman–Crippen LogP) is 5.49. The molecule has 1 aromatic heterocycles. The summed E-state index contributed by atoms with van der Waals surface area (Å²) in [5, 5.41) is 3.90. The second-order valence-corrected chi connectivity index (χ2v) is 7.78. The summed E-state index contributed by atoms with van der Waals surface area (Å²) in [7, 11) is 0. The fraction of sp³-hybridized carbons (Fsp3) is 0.208. The van der Waals surface area contributed by atoms with Gasteiger partial charge >= 0.3 is 0 Å². The molecule has 1 heterocycles. The van der Waals surface area contributed by atoms with Crippen molar-refractivity contribution in [3.05, 3.63) is 81.9 Å². The molecule has 0 spiro atoms. The highest BCUT2D eigenvalue weighted by Crippen LogP contribution is 2.30. The highest BCUT2D eigenvalue weighted by molar-refractivity contribution is 6.30. The fourth-order valence-corrected chi connectivity index (χ4v) is 3.64. The standard InChI is InChI=1S/C24H24ClN3O2/c1-6-8-16-13-20(26-15(5)29)19(7-2)22-21(16)24(30)28(23(27-22)14(3)4)18-11-9-17(25)10-12-18/h6-7,9-14H,1-2,8H2,3-5H3,(H,26,29). The largest absolute Gasteiger partial charge is 0.326 e. The van der Waals surface area contributed by atoms with E-state index in [1.165, 1.54) is 6.92 Å². The number of hydrogen-bond donors (Lipinski definition) is 1. The summed E-state index contributed by atoms with van der Waals surface area (Å²) in [6.07, 6.45) is 3.80. The van der Waals surface area contributed by atoms with Crippen LogP contribution in [0.3, 0.4) is 0 Å². The van der Waals surface area contributed by atoms with Crippen LogP contribution in [0.5, 0.6) is 0 Å². The smallest absolute Gasteiger partial charge is 0.266 e. The molecule has 0 fully saturated rings. The van der Waals surface area contributed by atoms with Gasteiger partial charge in [-0.05, 0) is 42.3 Å². The molecule has 1 N–H and O–H groups in total. The van der Waals surface area contributed by atoms with Crippen LogP contribution in [-0.2, 0) is 11.2 Å². The number of nitrogens with zero attached hydrogens (tertiary/aromatic N) is 2. The third-order valence-corrected chi connectivity index (χ3v) is 5.03. The first kappa shape index (κ1) is 21.5. The SMILES string of the molecule is C=CCc1cc(NC(C)=O)c(C=C)c2nc(C(C)C)n(-c3ccc(Cl)cc3)c(=O)c12. The Hall–Kier alpha value is -3.18. The Morgan fingerprint density at radius 2 is 1.93 bits per heavy atom. The molecular weight excluding hydrogens is 398 g/mol. The highest BCUT2D eigenvalue weighted by atomic mass is 35.5. The van der Waals surface area contributed by atoms with Crippen molar-refractivity contribution in [2.24, 2.45) is 0 Å². The van der Waals surface area contributed by atoms with Gasteiger partial charge in [-0.25, -0.2) is 4.98 Å². The molecule has 0 radical (unpaired) electrons. The van der Waals surface area contributed by atoms with Gasteiger partial charge in [0.15, 0.2) is 0 Å². The molecular formula is C24H24ClN3O2. The van der Waals surface area contributed by atoms with E-state index in [2.05, 4.69) is 18.5 Å². The molecule has 0 aliphatic heterocycles. The Morgan fingerprint density at radius 3 is 2.47 bits per heavy atom. The van der Waals surface area contributed by atoms with Crippen molar-refractivity contribution < 1.29 is 4.79 Å². The molecule has 0 atom stereocenters. The monoisotopic (exact) mass is 421 g/mol. The molecule has 0 aliphatic carbocycles. The summed E-state index contributed by atoms with van der Waals surface area (Å²) in [4.78, 5) is 30.4. The number of carbonyl (C=O) groups excluding carboxylic acids is 1. The highest BCUT2D eigenvalue weighted by Gasteiger charge is 2.21. The number of benzene rings is 2. The van der Waals surface area contributed by atoms with Crippen LogP contribution in [0, 0.1) is 0 Å². The zero-order valence-corrected chi connectivity index (χ0v) is 18.1. The molecule has 0 aliphatic rings. The van der Waals surface area contributed by atoms with E-state index in [0.717, 1.165) is 5.56 Å². The van der Waals surface area contributed by atoms with E-state index in [1.54, 1.807) is 47.1 Å². The molecule has 1 amide bonds. The third-order valence-electron chi connectivity index (χ3n) is 4.77. The van der Waals surface area contributed by atoms with Gasteiger partial charge in [-0.1, -0.05) is 44.2 Å². The minimum atomic E-state index is -0.208. The number of halogens is 1. The quantitative estimate of drug-likeness (QED) is 0.535. The van der Waals surface area contributed by atoms with E-state index >= 15 is 0 Å². The van der Waals surface area contributed by atoms with Gasteiger partial charge < -0.3 is 5.32 Å². The number of fused-ring (bicyclic) bond motifs is 1. The van der Waals surface area contributed by atoms with Crippen LogP contribution >= 0.6 is 11.6 Å². The first-order valence-corrected chi connectivity index (χ1v) is 10.1. The van der Waals surface area contributed by atoms with Gasteiger partial charge in [0.25, 0.3) is 5.56 Å². The van der Waals surface area contributed by atoms with E-state index in [4.69, 9.17) is 16.6 Å². The van der Waals surface area contributed by atoms with Gasteiger partial charge in [0.05, 0.1) is 22.3 Å². The predicted molar refractivity (Wildman–Crippen MR) is 125 cm³/mol. The maximum absolute atomic E-state index is 13.8. The molecule has 0 saturated carbocycles. The maximum Gasteiger partial charge on any atom is 0.266 e. The zero-order chi connectivity index (χ0) is 22.0. The number of nitrogens with one attached hydrogen (secondary N) is 1. The zero-order valence-electron chi connectivity index (χ0n) is 17.3. The van der Waals surface area contributed by atoms with E-state index in [9.17, 15) is 9.59 Å². The van der Waals surface area contributed by atoms with Crippen LogP contribution in [0.4, 0.5) is 5.69 Å². The molecule has 5 nitrogen and oxygen atoms in total. The number of rotatable bonds is 6. The maximum atomic E-state index is 13.8. The topological polar surface area (TPSA) is 64.0 Å². The van der Waals surface area contributed by atoms with Crippen molar-refractivity contribution in [2.75, 3.05) is 5.32 Å². The van der Waals surface area contributed by atoms with Crippen molar-refractivity contribution in [3.8, 4) is 5.69 Å². The fourth-order valence-electron chi connectivity index (χ4n) is 3.52. The number of anilines is 1. The molecule has 0 unspecified atom stereocenters. The number of hydrogen-bond acceptors (Lipinski definition) is 3. The molecule has 0 saturated heterocycles. The number of aromatic nitrogens is 2. The van der Waals surface area contributed by atoms with Gasteiger partial charge in [-0.3, -0.25) is 14.2 Å². The second-order valence-electron chi connectivity index (χ2n) is 7.34. The van der Waals surface area contributed by atoms with Crippen LogP contribution in [0.2, 0.25) is 5.02 Å². The molecule has 0 bridgehead atoms. The lowest BCUT2D eigenvalue weighted by molar-refractivity contribution is -0.114. The lowest BCUT2D eigenvalue weighted by Gasteiger charge is -2.20. The van der Waals surface area contributed by atoms with Crippen molar-refractivity contribution in [3.63, 3.8) is 0 Å². The van der Waals surface area contributed by atoms with E-state index < -0.39 is 0 Å². The van der Waals surface area contributed by atoms with Crippen molar-refractivity contribution >= 4 is 40.2 Å². The minimum absolute atomic E-state index is 0.0253. The number of amides is 1. The van der Waals surface area contributed by atoms with Gasteiger partial charge in [-0.2, -0.15) is 0 Å². The second kappa shape index (κ2) is 8.67. The molecule has 2 aromatic carbocycles. The van der Waals surface area contributed by atoms with Crippen molar-refractivity contribution in [1.29, 1.82) is 0 Å². The Bertz CT molecular complexity index is 1210. The Kier molecular flexibility index (Phi) is 6.22. The number of allylic oxidation sites excluding steroid dienone is 1. The van der Waals surface area contributed by atoms with E-state index in [1.807, 2.05) is 13.8 Å². The molecule has 30 heavy (non-hydrogen) atoms. The van der Waals surface area contributed by atoms with Gasteiger partial charge in [-0.15, -0.1) is 6.58 Å². The van der Waals surface area contributed by atoms with E-state index in [0.29, 0.717) is 45.1 Å². The Labute approximate surface area is 180 Å². The van der Waals surface area contributed by atoms with Crippen LogP contribution < -0.4 is 10.9 Å². The molecule has 3 aromatic rings. The van der Waals surface area contributed by atoms with Crippen LogP contribution in [0.15, 0.2) is 54.4 Å². The van der Waals surface area contributed by atoms with Crippen molar-refractivity contribution in [1.82, 2.24) is 9.55 Å². The molecule has 6 heteroatoms. The Morgan fingerprint density at radius 1 is 1.27 bits per heavy atom. The average molecular weight is 422 g/mol. The van der Waals surface area contributed by atoms with Gasteiger partial charge in [0.1, 0.15) is 5.82 Å². The third kappa shape index (κ3) is 3.94. The summed E-state index contributed by atoms with van der Waals surface area (Å²) >= 11 is 6.04.